The molecule has 7 heteroatoms. The Bertz CT molecular complexity index is 1120. The topological polar surface area (TPSA) is 67.9 Å². The number of carbonyl (C=O) groups is 2. The Morgan fingerprint density at radius 3 is 2.31 bits per heavy atom. The average Bonchev–Trinajstić information content (AvgIpc) is 3.20. The van der Waals surface area contributed by atoms with Crippen molar-refractivity contribution in [2.75, 3.05) is 30.2 Å². The molecule has 3 aromatic rings. The van der Waals surface area contributed by atoms with Crippen molar-refractivity contribution in [1.29, 1.82) is 0 Å². The Morgan fingerprint density at radius 2 is 1.66 bits per heavy atom. The van der Waals surface area contributed by atoms with Crippen molar-refractivity contribution in [3.8, 4) is 11.5 Å². The third-order valence-corrected chi connectivity index (χ3v) is 6.46. The second-order valence-corrected chi connectivity index (χ2v) is 8.47. The smallest absolute Gasteiger partial charge is 0.255 e. The Labute approximate surface area is 191 Å². The van der Waals surface area contributed by atoms with Gasteiger partial charge in [0, 0.05) is 28.6 Å². The van der Waals surface area contributed by atoms with Crippen LogP contribution in [-0.2, 0) is 4.79 Å². The number of thioether (sulfide) groups is 1. The molecule has 0 aromatic heterocycles. The number of anilines is 2. The third-order valence-electron chi connectivity index (χ3n) is 5.27. The zero-order chi connectivity index (χ0) is 22.7. The minimum absolute atomic E-state index is 0.0440. The molecular formula is C25H24N2O4S. The number of nitrogens with zero attached hydrogens (tertiary/aromatic N) is 1. The third kappa shape index (κ3) is 4.43. The number of methoxy groups -OCH3 is 2. The maximum Gasteiger partial charge on any atom is 0.255 e. The highest BCUT2D eigenvalue weighted by Gasteiger charge is 2.35. The number of rotatable bonds is 6. The molecule has 164 valence electrons. The first kappa shape index (κ1) is 21.8. The fraction of sp³-hybridized carbons (Fsp3) is 0.200. The van der Waals surface area contributed by atoms with Crippen LogP contribution in [0.3, 0.4) is 0 Å². The van der Waals surface area contributed by atoms with E-state index in [2.05, 4.69) is 5.32 Å². The Hall–Kier alpha value is -3.45. The zero-order valence-corrected chi connectivity index (χ0v) is 18.9. The highest BCUT2D eigenvalue weighted by molar-refractivity contribution is 8.00. The van der Waals surface area contributed by atoms with E-state index < -0.39 is 0 Å². The number of benzene rings is 3. The summed E-state index contributed by atoms with van der Waals surface area (Å²) in [5, 5.41) is 2.77. The lowest BCUT2D eigenvalue weighted by Crippen LogP contribution is -2.28. The van der Waals surface area contributed by atoms with Crippen molar-refractivity contribution in [2.45, 2.75) is 12.3 Å². The quantitative estimate of drug-likeness (QED) is 0.572. The van der Waals surface area contributed by atoms with Gasteiger partial charge in [-0.3, -0.25) is 14.5 Å². The van der Waals surface area contributed by atoms with Crippen LogP contribution in [0.2, 0.25) is 0 Å². The van der Waals surface area contributed by atoms with Crippen LogP contribution >= 0.6 is 11.8 Å². The summed E-state index contributed by atoms with van der Waals surface area (Å²) in [6.07, 6.45) is 0. The second-order valence-electron chi connectivity index (χ2n) is 7.41. The molecular weight excluding hydrogens is 424 g/mol. The number of amides is 2. The van der Waals surface area contributed by atoms with Gasteiger partial charge in [0.05, 0.1) is 20.0 Å². The maximum atomic E-state index is 13.1. The number of carbonyl (C=O) groups excluding carboxylic acids is 2. The van der Waals surface area contributed by atoms with E-state index in [4.69, 9.17) is 9.47 Å². The Balaban J connectivity index is 1.65. The number of aryl methyl sites for hydroxylation is 1. The van der Waals surface area contributed by atoms with Crippen LogP contribution in [0.1, 0.15) is 26.9 Å². The van der Waals surface area contributed by atoms with Gasteiger partial charge in [0.1, 0.15) is 16.9 Å². The van der Waals surface area contributed by atoms with E-state index in [9.17, 15) is 9.59 Å². The molecule has 1 saturated heterocycles. The van der Waals surface area contributed by atoms with Crippen molar-refractivity contribution in [2.24, 2.45) is 0 Å². The minimum Gasteiger partial charge on any atom is -0.497 e. The van der Waals surface area contributed by atoms with Gasteiger partial charge < -0.3 is 14.8 Å². The summed E-state index contributed by atoms with van der Waals surface area (Å²) in [4.78, 5) is 27.6. The van der Waals surface area contributed by atoms with Crippen molar-refractivity contribution in [3.63, 3.8) is 0 Å². The van der Waals surface area contributed by atoms with Gasteiger partial charge in [0.2, 0.25) is 5.91 Å². The van der Waals surface area contributed by atoms with Gasteiger partial charge in [0.15, 0.2) is 0 Å². The molecule has 2 amide bonds. The molecule has 1 aliphatic rings. The van der Waals surface area contributed by atoms with E-state index in [0.717, 1.165) is 16.8 Å². The van der Waals surface area contributed by atoms with Crippen molar-refractivity contribution in [1.82, 2.24) is 0 Å². The summed E-state index contributed by atoms with van der Waals surface area (Å²) >= 11 is 1.55. The van der Waals surface area contributed by atoms with Crippen molar-refractivity contribution < 1.29 is 19.1 Å². The normalized spacial score (nSPS) is 15.5. The molecule has 0 spiro atoms. The molecule has 3 aromatic carbocycles. The lowest BCUT2D eigenvalue weighted by atomic mass is 10.1. The molecule has 0 saturated carbocycles. The SMILES string of the molecule is COc1cc(OC)cc(C(=O)Nc2ccccc2[C@@H]2SCC(=O)N2c2ccc(C)cc2)c1. The largest absolute Gasteiger partial charge is 0.497 e. The molecule has 4 rings (SSSR count). The molecule has 0 unspecified atom stereocenters. The molecule has 0 aliphatic carbocycles. The van der Waals surface area contributed by atoms with E-state index in [1.807, 2.05) is 55.5 Å². The van der Waals surface area contributed by atoms with Crippen LogP contribution in [0.25, 0.3) is 0 Å². The minimum atomic E-state index is -0.286. The molecule has 1 heterocycles. The summed E-state index contributed by atoms with van der Waals surface area (Å²) in [5.74, 6) is 1.21. The predicted octanol–water partition coefficient (Wildman–Crippen LogP) is 5.04. The van der Waals surface area contributed by atoms with E-state index in [1.54, 1.807) is 49.1 Å². The predicted molar refractivity (Wildman–Crippen MR) is 128 cm³/mol. The van der Waals surface area contributed by atoms with Crippen molar-refractivity contribution in [3.05, 3.63) is 83.4 Å². The summed E-state index contributed by atoms with van der Waals surface area (Å²) in [5.41, 5.74) is 3.91. The lowest BCUT2D eigenvalue weighted by molar-refractivity contribution is -0.115. The van der Waals surface area contributed by atoms with Crippen LogP contribution in [-0.4, -0.2) is 31.8 Å². The first-order valence-corrected chi connectivity index (χ1v) is 11.2. The second kappa shape index (κ2) is 9.36. The zero-order valence-electron chi connectivity index (χ0n) is 18.1. The van der Waals surface area contributed by atoms with Gasteiger partial charge in [-0.15, -0.1) is 11.8 Å². The molecule has 6 nitrogen and oxygen atoms in total. The van der Waals surface area contributed by atoms with Crippen LogP contribution in [0.4, 0.5) is 11.4 Å². The van der Waals surface area contributed by atoms with Gasteiger partial charge in [-0.25, -0.2) is 0 Å². The summed E-state index contributed by atoms with van der Waals surface area (Å²) in [6.45, 7) is 2.01. The monoisotopic (exact) mass is 448 g/mol. The van der Waals surface area contributed by atoms with Gasteiger partial charge in [-0.2, -0.15) is 0 Å². The molecule has 32 heavy (non-hydrogen) atoms. The Kier molecular flexibility index (Phi) is 6.37. The van der Waals surface area contributed by atoms with Crippen LogP contribution in [0, 0.1) is 6.92 Å². The molecule has 0 bridgehead atoms. The fourth-order valence-electron chi connectivity index (χ4n) is 3.60. The van der Waals surface area contributed by atoms with E-state index in [-0.39, 0.29) is 17.2 Å². The summed E-state index contributed by atoms with van der Waals surface area (Å²) in [7, 11) is 3.08. The average molecular weight is 449 g/mol. The summed E-state index contributed by atoms with van der Waals surface area (Å²) < 4.78 is 10.6. The van der Waals surface area contributed by atoms with E-state index in [1.165, 1.54) is 0 Å². The molecule has 0 radical (unpaired) electrons. The van der Waals surface area contributed by atoms with E-state index in [0.29, 0.717) is 28.5 Å². The first-order chi connectivity index (χ1) is 15.5. The highest BCUT2D eigenvalue weighted by Crippen LogP contribution is 2.44. The van der Waals surface area contributed by atoms with Gasteiger partial charge in [-0.05, 0) is 37.3 Å². The van der Waals surface area contributed by atoms with Crippen LogP contribution < -0.4 is 19.7 Å². The molecule has 1 atom stereocenters. The van der Waals surface area contributed by atoms with E-state index >= 15 is 0 Å². The fourth-order valence-corrected chi connectivity index (χ4v) is 4.81. The standard InChI is InChI=1S/C25H24N2O4S/c1-16-8-10-18(11-9-16)27-23(28)15-32-25(27)21-6-4-5-7-22(21)26-24(29)17-12-19(30-2)14-20(13-17)31-3/h4-14,25H,15H2,1-3H3,(H,26,29)/t25-/m0/s1. The highest BCUT2D eigenvalue weighted by atomic mass is 32.2. The summed E-state index contributed by atoms with van der Waals surface area (Å²) in [6, 6.07) is 20.5. The number of hydrogen-bond acceptors (Lipinski definition) is 5. The Morgan fingerprint density at radius 1 is 1.00 bits per heavy atom. The van der Waals surface area contributed by atoms with Gasteiger partial charge in [-0.1, -0.05) is 35.9 Å². The van der Waals surface area contributed by atoms with Gasteiger partial charge >= 0.3 is 0 Å². The van der Waals surface area contributed by atoms with Crippen molar-refractivity contribution >= 4 is 35.0 Å². The van der Waals surface area contributed by atoms with Gasteiger partial charge in [0.25, 0.3) is 5.91 Å². The molecule has 1 fully saturated rings. The first-order valence-electron chi connectivity index (χ1n) is 10.1. The lowest BCUT2D eigenvalue weighted by Gasteiger charge is -2.26. The number of nitrogens with one attached hydrogen (secondary N) is 1. The molecule has 1 N–H and O–H groups in total. The number of para-hydroxylation sites is 1. The van der Waals surface area contributed by atoms with Crippen LogP contribution in [0.15, 0.2) is 66.7 Å². The number of ether oxygens (including phenoxy) is 2. The van der Waals surface area contributed by atoms with Crippen LogP contribution in [0.5, 0.6) is 11.5 Å². The molecule has 1 aliphatic heterocycles. The number of hydrogen-bond donors (Lipinski definition) is 1. The maximum absolute atomic E-state index is 13.1.